The zero-order valence-corrected chi connectivity index (χ0v) is 18.0. The number of nitrogens with zero attached hydrogens (tertiary/aromatic N) is 6. The van der Waals surface area contributed by atoms with Crippen molar-refractivity contribution in [3.8, 4) is 0 Å². The summed E-state index contributed by atoms with van der Waals surface area (Å²) in [7, 11) is -3.45. The van der Waals surface area contributed by atoms with Crippen LogP contribution in [-0.4, -0.2) is 58.5 Å². The molecule has 4 rings (SSSR count). The van der Waals surface area contributed by atoms with Crippen molar-refractivity contribution in [2.24, 2.45) is 0 Å². The topological polar surface area (TPSA) is 83.7 Å². The molecule has 8 nitrogen and oxygen atoms in total. The molecule has 0 atom stereocenters. The molecular weight excluding hydrogens is 452 g/mol. The van der Waals surface area contributed by atoms with Crippen molar-refractivity contribution in [3.63, 3.8) is 0 Å². The first-order valence-corrected chi connectivity index (χ1v) is 11.7. The van der Waals surface area contributed by atoms with Crippen LogP contribution in [0.2, 0.25) is 0 Å². The number of thiophene rings is 1. The number of aryl methyl sites for hydroxylation is 1. The Morgan fingerprint density at radius 2 is 2.00 bits per heavy atom. The van der Waals surface area contributed by atoms with Gasteiger partial charge in [0.1, 0.15) is 16.4 Å². The summed E-state index contributed by atoms with van der Waals surface area (Å²) in [6.45, 7) is 4.16. The minimum absolute atomic E-state index is 0.371. The molecule has 3 aromatic heterocycles. The Hall–Kier alpha value is -1.56. The summed E-state index contributed by atoms with van der Waals surface area (Å²) in [4.78, 5) is 10.9. The molecule has 0 amide bonds. The van der Waals surface area contributed by atoms with Crippen molar-refractivity contribution >= 4 is 48.9 Å². The monoisotopic (exact) mass is 470 g/mol. The van der Waals surface area contributed by atoms with Gasteiger partial charge in [0.2, 0.25) is 0 Å². The van der Waals surface area contributed by atoms with Crippen molar-refractivity contribution in [3.05, 3.63) is 34.0 Å². The van der Waals surface area contributed by atoms with Gasteiger partial charge in [0, 0.05) is 37.9 Å². The first-order chi connectivity index (χ1) is 13.0. The fourth-order valence-electron chi connectivity index (χ4n) is 3.17. The predicted octanol–water partition coefficient (Wildman–Crippen LogP) is 2.41. The van der Waals surface area contributed by atoms with E-state index in [1.165, 1.54) is 17.7 Å². The van der Waals surface area contributed by atoms with Gasteiger partial charge in [0.05, 0.1) is 3.79 Å². The Bertz CT molecular complexity index is 1060. The molecule has 0 aliphatic carbocycles. The normalized spacial score (nSPS) is 16.3. The van der Waals surface area contributed by atoms with Crippen LogP contribution in [0.25, 0.3) is 5.78 Å². The second-order valence-electron chi connectivity index (χ2n) is 6.28. The van der Waals surface area contributed by atoms with Crippen LogP contribution in [0.1, 0.15) is 19.0 Å². The number of hydrogen-bond acceptors (Lipinski definition) is 7. The average Bonchev–Trinajstić information content (AvgIpc) is 3.30. The zero-order chi connectivity index (χ0) is 19.0. The lowest BCUT2D eigenvalue weighted by atomic mass is 10.2. The number of anilines is 1. The standard InChI is InChI=1S/C16H19BrN6O2S2/c1-2-3-12-10-14(23-16(20-12)18-11-19-23)21-6-8-22(9-7-21)27(24,25)15-5-4-13(17)26-15/h4-5,10-11H,2-3,6-9H2,1H3. The maximum atomic E-state index is 12.8. The summed E-state index contributed by atoms with van der Waals surface area (Å²) in [5, 5.41) is 4.28. The highest BCUT2D eigenvalue weighted by atomic mass is 79.9. The summed E-state index contributed by atoms with van der Waals surface area (Å²) in [5.41, 5.74) is 0.978. The number of halogens is 1. The number of aromatic nitrogens is 4. The molecule has 0 N–H and O–H groups in total. The maximum Gasteiger partial charge on any atom is 0.254 e. The van der Waals surface area contributed by atoms with Crippen LogP contribution >= 0.6 is 27.3 Å². The second kappa shape index (κ2) is 7.46. The summed E-state index contributed by atoms with van der Waals surface area (Å²) >= 11 is 4.57. The average molecular weight is 471 g/mol. The molecule has 0 unspecified atom stereocenters. The minimum Gasteiger partial charge on any atom is -0.354 e. The Morgan fingerprint density at radius 3 is 2.67 bits per heavy atom. The smallest absolute Gasteiger partial charge is 0.254 e. The van der Waals surface area contributed by atoms with Crippen LogP contribution in [0.5, 0.6) is 0 Å². The second-order valence-corrected chi connectivity index (χ2v) is 10.9. The van der Waals surface area contributed by atoms with E-state index >= 15 is 0 Å². The summed E-state index contributed by atoms with van der Waals surface area (Å²) in [6.07, 6.45) is 3.37. The first-order valence-electron chi connectivity index (χ1n) is 8.69. The van der Waals surface area contributed by atoms with E-state index in [4.69, 9.17) is 0 Å². The molecule has 1 fully saturated rings. The molecule has 11 heteroatoms. The molecular formula is C16H19BrN6O2S2. The minimum atomic E-state index is -3.45. The fraction of sp³-hybridized carbons (Fsp3) is 0.438. The molecule has 27 heavy (non-hydrogen) atoms. The van der Waals surface area contributed by atoms with E-state index < -0.39 is 10.0 Å². The Balaban J connectivity index is 1.56. The van der Waals surface area contributed by atoms with Gasteiger partial charge >= 0.3 is 0 Å². The molecule has 0 saturated carbocycles. The molecule has 144 valence electrons. The van der Waals surface area contributed by atoms with Crippen molar-refractivity contribution in [1.29, 1.82) is 0 Å². The van der Waals surface area contributed by atoms with Gasteiger partial charge < -0.3 is 4.90 Å². The largest absolute Gasteiger partial charge is 0.354 e. The van der Waals surface area contributed by atoms with E-state index in [-0.39, 0.29) is 0 Å². The van der Waals surface area contributed by atoms with Crippen molar-refractivity contribution < 1.29 is 8.42 Å². The molecule has 1 aliphatic heterocycles. The number of hydrogen-bond donors (Lipinski definition) is 0. The van der Waals surface area contributed by atoms with Crippen molar-refractivity contribution in [2.45, 2.75) is 24.0 Å². The maximum absolute atomic E-state index is 12.8. The van der Waals surface area contributed by atoms with Gasteiger partial charge in [-0.15, -0.1) is 11.3 Å². The van der Waals surface area contributed by atoms with Gasteiger partial charge in [-0.3, -0.25) is 0 Å². The van der Waals surface area contributed by atoms with E-state index in [1.54, 1.807) is 21.0 Å². The number of sulfonamides is 1. The quantitative estimate of drug-likeness (QED) is 0.569. The van der Waals surface area contributed by atoms with E-state index in [9.17, 15) is 8.42 Å². The molecule has 0 aromatic carbocycles. The van der Waals surface area contributed by atoms with Gasteiger partial charge in [-0.25, -0.2) is 13.4 Å². The highest BCUT2D eigenvalue weighted by molar-refractivity contribution is 9.11. The van der Waals surface area contributed by atoms with Gasteiger partial charge in [0.25, 0.3) is 15.8 Å². The summed E-state index contributed by atoms with van der Waals surface area (Å²) < 4.78 is 30.1. The molecule has 0 spiro atoms. The molecule has 1 aliphatic rings. The van der Waals surface area contributed by atoms with Gasteiger partial charge in [-0.1, -0.05) is 13.3 Å². The SMILES string of the molecule is CCCc1cc(N2CCN(S(=O)(=O)c3ccc(Br)s3)CC2)n2ncnc2n1. The van der Waals surface area contributed by atoms with Crippen LogP contribution < -0.4 is 4.90 Å². The molecule has 1 saturated heterocycles. The first kappa shape index (κ1) is 18.8. The van der Waals surface area contributed by atoms with Gasteiger partial charge in [-0.05, 0) is 34.5 Å². The van der Waals surface area contributed by atoms with Crippen LogP contribution in [0.3, 0.4) is 0 Å². The van der Waals surface area contributed by atoms with Crippen LogP contribution in [0, 0.1) is 0 Å². The third-order valence-electron chi connectivity index (χ3n) is 4.50. The fourth-order valence-corrected chi connectivity index (χ4v) is 6.76. The van der Waals surface area contributed by atoms with E-state index in [1.807, 2.05) is 6.07 Å². The third-order valence-corrected chi connectivity index (χ3v) is 8.49. The lowest BCUT2D eigenvalue weighted by Crippen LogP contribution is -2.49. The lowest BCUT2D eigenvalue weighted by molar-refractivity contribution is 0.384. The lowest BCUT2D eigenvalue weighted by Gasteiger charge is -2.35. The van der Waals surface area contributed by atoms with Crippen LogP contribution in [0.15, 0.2) is 32.5 Å². The Labute approximate surface area is 170 Å². The van der Waals surface area contributed by atoms with Gasteiger partial charge in [-0.2, -0.15) is 18.9 Å². The molecule has 0 radical (unpaired) electrons. The third kappa shape index (κ3) is 3.60. The Kier molecular flexibility index (Phi) is 5.19. The molecule has 4 heterocycles. The predicted molar refractivity (Wildman–Crippen MR) is 108 cm³/mol. The van der Waals surface area contributed by atoms with E-state index in [0.29, 0.717) is 36.2 Å². The summed E-state index contributed by atoms with van der Waals surface area (Å²) in [5.74, 6) is 1.49. The number of fused-ring (bicyclic) bond motifs is 1. The number of piperazine rings is 1. The highest BCUT2D eigenvalue weighted by Gasteiger charge is 2.30. The summed E-state index contributed by atoms with van der Waals surface area (Å²) in [6, 6.07) is 5.45. The van der Waals surface area contributed by atoms with E-state index in [2.05, 4.69) is 42.8 Å². The highest BCUT2D eigenvalue weighted by Crippen LogP contribution is 2.29. The Morgan fingerprint density at radius 1 is 1.22 bits per heavy atom. The number of rotatable bonds is 5. The zero-order valence-electron chi connectivity index (χ0n) is 14.7. The van der Waals surface area contributed by atoms with Gasteiger partial charge in [0.15, 0.2) is 0 Å². The van der Waals surface area contributed by atoms with E-state index in [0.717, 1.165) is 28.1 Å². The molecule has 0 bridgehead atoms. The van der Waals surface area contributed by atoms with Crippen molar-refractivity contribution in [2.75, 3.05) is 31.1 Å². The van der Waals surface area contributed by atoms with Crippen LogP contribution in [0.4, 0.5) is 5.82 Å². The molecule has 3 aromatic rings. The van der Waals surface area contributed by atoms with Crippen LogP contribution in [-0.2, 0) is 16.4 Å². The van der Waals surface area contributed by atoms with Crippen molar-refractivity contribution in [1.82, 2.24) is 23.9 Å².